The maximum absolute atomic E-state index is 12.6. The van der Waals surface area contributed by atoms with Crippen molar-refractivity contribution in [2.24, 2.45) is 0 Å². The maximum atomic E-state index is 12.6. The molecule has 0 N–H and O–H groups in total. The van der Waals surface area contributed by atoms with Crippen LogP contribution in [0.3, 0.4) is 0 Å². The van der Waals surface area contributed by atoms with Gasteiger partial charge in [0.05, 0.1) is 16.7 Å². The summed E-state index contributed by atoms with van der Waals surface area (Å²) < 4.78 is 41.6. The molecule has 0 aliphatic rings. The molecular weight excluding hydrogens is 459 g/mol. The third kappa shape index (κ3) is 6.40. The summed E-state index contributed by atoms with van der Waals surface area (Å²) in [6, 6.07) is 18.4. The van der Waals surface area contributed by atoms with Gasteiger partial charge in [0.15, 0.2) is 0 Å². The molecule has 8 heteroatoms. The van der Waals surface area contributed by atoms with Gasteiger partial charge in [-0.15, -0.1) is 0 Å². The van der Waals surface area contributed by atoms with E-state index in [1.165, 1.54) is 30.3 Å². The van der Waals surface area contributed by atoms with Crippen LogP contribution in [0, 0.1) is 0 Å². The van der Waals surface area contributed by atoms with E-state index in [2.05, 4.69) is 6.58 Å². The van der Waals surface area contributed by atoms with Gasteiger partial charge in [0.1, 0.15) is 28.8 Å². The SMILES string of the molecule is C=CCOc1cccc(CCOc2cccc(OS(=O)(=O)c3cccc(Cl)c3Cl)c2)c1. The van der Waals surface area contributed by atoms with E-state index in [1.54, 1.807) is 18.2 Å². The fraction of sp³-hybridized carbons (Fsp3) is 0.130. The van der Waals surface area contributed by atoms with Crippen molar-refractivity contribution in [3.63, 3.8) is 0 Å². The third-order valence-electron chi connectivity index (χ3n) is 4.12. The Hall–Kier alpha value is -2.67. The first-order valence-electron chi connectivity index (χ1n) is 9.33. The molecule has 0 bridgehead atoms. The van der Waals surface area contributed by atoms with E-state index in [9.17, 15) is 8.42 Å². The molecule has 3 aromatic rings. The normalized spacial score (nSPS) is 11.0. The average molecular weight is 479 g/mol. The molecule has 0 saturated heterocycles. The molecule has 0 radical (unpaired) electrons. The molecule has 0 atom stereocenters. The molecule has 3 aromatic carbocycles. The van der Waals surface area contributed by atoms with Crippen LogP contribution in [0.2, 0.25) is 10.0 Å². The molecular formula is C23H20Cl2O5S. The largest absolute Gasteiger partial charge is 0.493 e. The summed E-state index contributed by atoms with van der Waals surface area (Å²) in [6.45, 7) is 4.46. The zero-order valence-corrected chi connectivity index (χ0v) is 18.8. The van der Waals surface area contributed by atoms with Crippen LogP contribution in [0.5, 0.6) is 17.2 Å². The van der Waals surface area contributed by atoms with E-state index in [1.807, 2.05) is 24.3 Å². The number of benzene rings is 3. The van der Waals surface area contributed by atoms with Crippen LogP contribution in [0.1, 0.15) is 5.56 Å². The van der Waals surface area contributed by atoms with Crippen molar-refractivity contribution in [2.75, 3.05) is 13.2 Å². The van der Waals surface area contributed by atoms with Crippen LogP contribution < -0.4 is 13.7 Å². The van der Waals surface area contributed by atoms with Gasteiger partial charge >= 0.3 is 10.1 Å². The topological polar surface area (TPSA) is 61.8 Å². The first-order chi connectivity index (χ1) is 14.9. The lowest BCUT2D eigenvalue weighted by atomic mass is 10.1. The van der Waals surface area contributed by atoms with Gasteiger partial charge in [-0.2, -0.15) is 8.42 Å². The van der Waals surface area contributed by atoms with E-state index in [-0.39, 0.29) is 20.7 Å². The van der Waals surface area contributed by atoms with Crippen molar-refractivity contribution in [1.82, 2.24) is 0 Å². The van der Waals surface area contributed by atoms with Crippen molar-refractivity contribution in [3.8, 4) is 17.2 Å². The number of hydrogen-bond acceptors (Lipinski definition) is 5. The standard InChI is InChI=1S/C23H20Cl2O5S/c1-2-13-28-18-7-3-6-17(15-18)12-14-29-19-8-4-9-20(16-19)30-31(26,27)22-11-5-10-21(24)23(22)25/h2-11,15-16H,1,12-14H2. The minimum Gasteiger partial charge on any atom is -0.493 e. The zero-order chi connectivity index (χ0) is 22.3. The van der Waals surface area contributed by atoms with Crippen LogP contribution >= 0.6 is 23.2 Å². The number of halogens is 2. The Labute approximate surface area is 191 Å². The lowest BCUT2D eigenvalue weighted by Crippen LogP contribution is -2.10. The minimum atomic E-state index is -4.15. The molecule has 0 heterocycles. The highest BCUT2D eigenvalue weighted by atomic mass is 35.5. The van der Waals surface area contributed by atoms with E-state index in [0.29, 0.717) is 25.4 Å². The first-order valence-corrected chi connectivity index (χ1v) is 11.5. The predicted octanol–water partition coefficient (Wildman–Crippen LogP) is 5.95. The van der Waals surface area contributed by atoms with Gasteiger partial charge in [0.2, 0.25) is 0 Å². The summed E-state index contributed by atoms with van der Waals surface area (Å²) in [5.74, 6) is 1.34. The average Bonchev–Trinajstić information content (AvgIpc) is 2.74. The van der Waals surface area contributed by atoms with Gasteiger partial charge < -0.3 is 13.7 Å². The summed E-state index contributed by atoms with van der Waals surface area (Å²) in [4.78, 5) is -0.202. The molecule has 0 aliphatic heterocycles. The van der Waals surface area contributed by atoms with Crippen LogP contribution in [0.4, 0.5) is 0 Å². The monoisotopic (exact) mass is 478 g/mol. The second-order valence-corrected chi connectivity index (χ2v) is 8.71. The van der Waals surface area contributed by atoms with Crippen molar-refractivity contribution in [3.05, 3.63) is 95.0 Å². The Morgan fingerprint density at radius 1 is 0.871 bits per heavy atom. The predicted molar refractivity (Wildman–Crippen MR) is 122 cm³/mol. The summed E-state index contributed by atoms with van der Waals surface area (Å²) in [5.41, 5.74) is 1.05. The molecule has 0 spiro atoms. The summed E-state index contributed by atoms with van der Waals surface area (Å²) in [6.07, 6.45) is 2.33. The zero-order valence-electron chi connectivity index (χ0n) is 16.5. The molecule has 5 nitrogen and oxygen atoms in total. The third-order valence-corrected chi connectivity index (χ3v) is 6.34. The number of ether oxygens (including phenoxy) is 2. The minimum absolute atomic E-state index is 0.0872. The van der Waals surface area contributed by atoms with E-state index >= 15 is 0 Å². The fourth-order valence-corrected chi connectivity index (χ4v) is 4.36. The van der Waals surface area contributed by atoms with Gasteiger partial charge in [-0.1, -0.05) is 60.1 Å². The Kier molecular flexibility index (Phi) is 7.85. The van der Waals surface area contributed by atoms with Crippen molar-refractivity contribution >= 4 is 33.3 Å². The number of hydrogen-bond donors (Lipinski definition) is 0. The smallest absolute Gasteiger partial charge is 0.340 e. The van der Waals surface area contributed by atoms with Crippen molar-refractivity contribution in [2.45, 2.75) is 11.3 Å². The summed E-state index contributed by atoms with van der Waals surface area (Å²) in [5, 5.41) is 0.0401. The molecule has 162 valence electrons. The Bertz CT molecular complexity index is 1160. The highest BCUT2D eigenvalue weighted by Crippen LogP contribution is 2.31. The fourth-order valence-electron chi connectivity index (χ4n) is 2.70. The van der Waals surface area contributed by atoms with Gasteiger partial charge in [0, 0.05) is 12.5 Å². The molecule has 31 heavy (non-hydrogen) atoms. The quantitative estimate of drug-likeness (QED) is 0.266. The van der Waals surface area contributed by atoms with Gasteiger partial charge in [-0.05, 0) is 42.0 Å². The highest BCUT2D eigenvalue weighted by Gasteiger charge is 2.22. The molecule has 0 aliphatic carbocycles. The van der Waals surface area contributed by atoms with Gasteiger partial charge in [-0.3, -0.25) is 0 Å². The van der Waals surface area contributed by atoms with E-state index in [4.69, 9.17) is 36.9 Å². The van der Waals surface area contributed by atoms with Crippen molar-refractivity contribution < 1.29 is 22.1 Å². The lowest BCUT2D eigenvalue weighted by molar-refractivity contribution is 0.320. The van der Waals surface area contributed by atoms with E-state index < -0.39 is 10.1 Å². The highest BCUT2D eigenvalue weighted by molar-refractivity contribution is 7.87. The first kappa shape index (κ1) is 23.0. The van der Waals surface area contributed by atoms with Crippen LogP contribution in [0.25, 0.3) is 0 Å². The molecule has 0 amide bonds. The maximum Gasteiger partial charge on any atom is 0.340 e. The second kappa shape index (κ2) is 10.6. The molecule has 0 saturated carbocycles. The molecule has 0 unspecified atom stereocenters. The van der Waals surface area contributed by atoms with E-state index in [0.717, 1.165) is 11.3 Å². The summed E-state index contributed by atoms with van der Waals surface area (Å²) in [7, 11) is -4.15. The van der Waals surface area contributed by atoms with Crippen LogP contribution in [0.15, 0.2) is 84.3 Å². The Morgan fingerprint density at radius 3 is 2.32 bits per heavy atom. The molecule has 0 fully saturated rings. The Balaban J connectivity index is 1.63. The van der Waals surface area contributed by atoms with Gasteiger partial charge in [-0.25, -0.2) is 0 Å². The lowest BCUT2D eigenvalue weighted by Gasteiger charge is -2.11. The Morgan fingerprint density at radius 2 is 1.55 bits per heavy atom. The molecule has 3 rings (SSSR count). The molecule has 0 aromatic heterocycles. The van der Waals surface area contributed by atoms with Gasteiger partial charge in [0.25, 0.3) is 0 Å². The van der Waals surface area contributed by atoms with Crippen LogP contribution in [-0.4, -0.2) is 21.6 Å². The van der Waals surface area contributed by atoms with Crippen LogP contribution in [-0.2, 0) is 16.5 Å². The second-order valence-electron chi connectivity index (χ2n) is 6.41. The summed E-state index contributed by atoms with van der Waals surface area (Å²) >= 11 is 11.9. The number of rotatable bonds is 10. The van der Waals surface area contributed by atoms with Crippen molar-refractivity contribution in [1.29, 1.82) is 0 Å².